The molecule has 1 atom stereocenters. The fourth-order valence-electron chi connectivity index (χ4n) is 3.61. The van der Waals surface area contributed by atoms with Gasteiger partial charge in [0, 0.05) is 38.9 Å². The summed E-state index contributed by atoms with van der Waals surface area (Å²) < 4.78 is 0. The van der Waals surface area contributed by atoms with Crippen LogP contribution in [0, 0.1) is 11.8 Å². The molecule has 0 aromatic carbocycles. The summed E-state index contributed by atoms with van der Waals surface area (Å²) in [5.74, 6) is 2.49. The van der Waals surface area contributed by atoms with E-state index in [1.165, 1.54) is 19.3 Å². The van der Waals surface area contributed by atoms with Gasteiger partial charge in [-0.05, 0) is 49.1 Å². The fourth-order valence-corrected chi connectivity index (χ4v) is 3.61. The first-order chi connectivity index (χ1) is 11.6. The van der Waals surface area contributed by atoms with Gasteiger partial charge in [0.1, 0.15) is 5.82 Å². The number of carbonyl (C=O) groups is 1. The second kappa shape index (κ2) is 7.86. The number of nitrogens with one attached hydrogen (secondary N) is 1. The molecule has 3 rings (SSSR count). The average molecular weight is 330 g/mol. The van der Waals surface area contributed by atoms with Gasteiger partial charge in [-0.2, -0.15) is 0 Å². The zero-order valence-electron chi connectivity index (χ0n) is 15.0. The monoisotopic (exact) mass is 330 g/mol. The molecular formula is C19H30N4O. The van der Waals surface area contributed by atoms with Crippen LogP contribution < -0.4 is 10.2 Å². The van der Waals surface area contributed by atoms with Crippen molar-refractivity contribution in [3.8, 4) is 0 Å². The van der Waals surface area contributed by atoms with E-state index in [2.05, 4.69) is 41.2 Å². The zero-order valence-corrected chi connectivity index (χ0v) is 15.0. The van der Waals surface area contributed by atoms with Crippen LogP contribution in [-0.2, 0) is 6.54 Å². The summed E-state index contributed by atoms with van der Waals surface area (Å²) in [4.78, 5) is 21.1. The quantitative estimate of drug-likeness (QED) is 0.925. The molecule has 132 valence electrons. The maximum atomic E-state index is 12.2. The molecule has 2 saturated heterocycles. The molecule has 2 aliphatic heterocycles. The van der Waals surface area contributed by atoms with Gasteiger partial charge in [0.25, 0.3) is 0 Å². The summed E-state index contributed by atoms with van der Waals surface area (Å²) in [7, 11) is 0. The lowest BCUT2D eigenvalue weighted by atomic mass is 9.99. The van der Waals surface area contributed by atoms with Crippen LogP contribution in [0.4, 0.5) is 10.6 Å². The standard InChI is InChI=1S/C19H30N4O/c1-15-7-10-22(11-8-15)18-6-5-17(12-20-18)13-21-19(24)23-9-3-4-16(2)14-23/h5-6,12,15-16H,3-4,7-11,13-14H2,1-2H3,(H,21,24). The number of aromatic nitrogens is 1. The molecule has 3 heterocycles. The number of hydrogen-bond donors (Lipinski definition) is 1. The average Bonchev–Trinajstić information content (AvgIpc) is 2.61. The Balaban J connectivity index is 1.48. The highest BCUT2D eigenvalue weighted by Gasteiger charge is 2.20. The van der Waals surface area contributed by atoms with Crippen LogP contribution in [0.1, 0.15) is 45.1 Å². The van der Waals surface area contributed by atoms with Gasteiger partial charge in [0.05, 0.1) is 0 Å². The Morgan fingerprint density at radius 2 is 1.96 bits per heavy atom. The van der Waals surface area contributed by atoms with Crippen molar-refractivity contribution in [3.05, 3.63) is 23.9 Å². The Hall–Kier alpha value is -1.78. The van der Waals surface area contributed by atoms with E-state index in [0.29, 0.717) is 12.5 Å². The van der Waals surface area contributed by atoms with Crippen molar-refractivity contribution < 1.29 is 4.79 Å². The van der Waals surface area contributed by atoms with Crippen LogP contribution >= 0.6 is 0 Å². The Morgan fingerprint density at radius 1 is 1.17 bits per heavy atom. The highest BCUT2D eigenvalue weighted by molar-refractivity contribution is 5.74. The Labute approximate surface area is 145 Å². The van der Waals surface area contributed by atoms with Crippen LogP contribution in [-0.4, -0.2) is 42.1 Å². The first-order valence-corrected chi connectivity index (χ1v) is 9.34. The van der Waals surface area contributed by atoms with Crippen molar-refractivity contribution in [2.75, 3.05) is 31.1 Å². The number of amides is 2. The molecule has 1 unspecified atom stereocenters. The van der Waals surface area contributed by atoms with E-state index in [4.69, 9.17) is 0 Å². The molecule has 0 spiro atoms. The number of anilines is 1. The summed E-state index contributed by atoms with van der Waals surface area (Å²) in [6.07, 6.45) is 6.72. The number of piperidine rings is 2. The molecule has 1 aromatic heterocycles. The number of rotatable bonds is 3. The SMILES string of the molecule is CC1CCN(c2ccc(CNC(=O)N3CCCC(C)C3)cn2)CC1. The molecule has 2 fully saturated rings. The van der Waals surface area contributed by atoms with Gasteiger partial charge in [-0.15, -0.1) is 0 Å². The van der Waals surface area contributed by atoms with Crippen molar-refractivity contribution in [2.24, 2.45) is 11.8 Å². The Morgan fingerprint density at radius 3 is 2.62 bits per heavy atom. The zero-order chi connectivity index (χ0) is 16.9. The second-order valence-corrected chi connectivity index (χ2v) is 7.55. The lowest BCUT2D eigenvalue weighted by molar-refractivity contribution is 0.169. The summed E-state index contributed by atoms with van der Waals surface area (Å²) in [6, 6.07) is 4.22. The van der Waals surface area contributed by atoms with E-state index < -0.39 is 0 Å². The molecular weight excluding hydrogens is 300 g/mol. The molecule has 5 heteroatoms. The summed E-state index contributed by atoms with van der Waals surface area (Å²) >= 11 is 0. The number of urea groups is 1. The van der Waals surface area contributed by atoms with Crippen molar-refractivity contribution >= 4 is 11.8 Å². The van der Waals surface area contributed by atoms with Gasteiger partial charge in [-0.25, -0.2) is 9.78 Å². The molecule has 2 amide bonds. The summed E-state index contributed by atoms with van der Waals surface area (Å²) in [5.41, 5.74) is 1.06. The maximum Gasteiger partial charge on any atom is 0.317 e. The van der Waals surface area contributed by atoms with Gasteiger partial charge >= 0.3 is 6.03 Å². The lowest BCUT2D eigenvalue weighted by Gasteiger charge is -2.31. The van der Waals surface area contributed by atoms with Gasteiger partial charge in [-0.3, -0.25) is 0 Å². The predicted molar refractivity (Wildman–Crippen MR) is 97.1 cm³/mol. The van der Waals surface area contributed by atoms with Crippen LogP contribution in [0.3, 0.4) is 0 Å². The molecule has 0 radical (unpaired) electrons. The third-order valence-corrected chi connectivity index (χ3v) is 5.30. The van der Waals surface area contributed by atoms with Crippen molar-refractivity contribution in [2.45, 2.75) is 46.1 Å². The molecule has 2 aliphatic rings. The molecule has 5 nitrogen and oxygen atoms in total. The molecule has 0 bridgehead atoms. The summed E-state index contributed by atoms with van der Waals surface area (Å²) in [5, 5.41) is 3.03. The van der Waals surface area contributed by atoms with E-state index in [1.54, 1.807) is 0 Å². The number of hydrogen-bond acceptors (Lipinski definition) is 3. The molecule has 0 aliphatic carbocycles. The molecule has 0 saturated carbocycles. The largest absolute Gasteiger partial charge is 0.357 e. The number of likely N-dealkylation sites (tertiary alicyclic amines) is 1. The smallest absolute Gasteiger partial charge is 0.317 e. The predicted octanol–water partition coefficient (Wildman–Crippen LogP) is 3.26. The topological polar surface area (TPSA) is 48.5 Å². The van der Waals surface area contributed by atoms with Crippen molar-refractivity contribution in [1.82, 2.24) is 15.2 Å². The lowest BCUT2D eigenvalue weighted by Crippen LogP contribution is -2.44. The first kappa shape index (κ1) is 17.1. The second-order valence-electron chi connectivity index (χ2n) is 7.55. The highest BCUT2D eigenvalue weighted by Crippen LogP contribution is 2.21. The van der Waals surface area contributed by atoms with E-state index in [0.717, 1.165) is 49.9 Å². The minimum atomic E-state index is 0.0515. The van der Waals surface area contributed by atoms with Crippen molar-refractivity contribution in [3.63, 3.8) is 0 Å². The summed E-state index contributed by atoms with van der Waals surface area (Å²) in [6.45, 7) is 9.02. The molecule has 1 N–H and O–H groups in total. The van der Waals surface area contributed by atoms with Crippen LogP contribution in [0.25, 0.3) is 0 Å². The maximum absolute atomic E-state index is 12.2. The minimum absolute atomic E-state index is 0.0515. The van der Waals surface area contributed by atoms with Gasteiger partial charge in [-0.1, -0.05) is 19.9 Å². The number of carbonyl (C=O) groups excluding carboxylic acids is 1. The van der Waals surface area contributed by atoms with Gasteiger partial charge < -0.3 is 15.1 Å². The van der Waals surface area contributed by atoms with E-state index >= 15 is 0 Å². The van der Waals surface area contributed by atoms with Gasteiger partial charge in [0.15, 0.2) is 0 Å². The third-order valence-electron chi connectivity index (χ3n) is 5.30. The number of pyridine rings is 1. The number of nitrogens with zero attached hydrogens (tertiary/aromatic N) is 3. The minimum Gasteiger partial charge on any atom is -0.357 e. The highest BCUT2D eigenvalue weighted by atomic mass is 16.2. The molecule has 1 aromatic rings. The van der Waals surface area contributed by atoms with Crippen molar-refractivity contribution in [1.29, 1.82) is 0 Å². The van der Waals surface area contributed by atoms with Crippen LogP contribution in [0.15, 0.2) is 18.3 Å². The van der Waals surface area contributed by atoms with E-state index in [9.17, 15) is 4.79 Å². The van der Waals surface area contributed by atoms with E-state index in [1.807, 2.05) is 11.1 Å². The third kappa shape index (κ3) is 4.40. The normalized spacial score (nSPS) is 22.5. The van der Waals surface area contributed by atoms with Gasteiger partial charge in [0.2, 0.25) is 0 Å². The Kier molecular flexibility index (Phi) is 5.59. The van der Waals surface area contributed by atoms with Crippen LogP contribution in [0.2, 0.25) is 0 Å². The fraction of sp³-hybridized carbons (Fsp3) is 0.684. The van der Waals surface area contributed by atoms with E-state index in [-0.39, 0.29) is 6.03 Å². The first-order valence-electron chi connectivity index (χ1n) is 9.34. The Bertz CT molecular complexity index is 537. The molecule has 24 heavy (non-hydrogen) atoms. The van der Waals surface area contributed by atoms with Crippen LogP contribution in [0.5, 0.6) is 0 Å².